The van der Waals surface area contributed by atoms with E-state index in [1.807, 2.05) is 0 Å². The Morgan fingerprint density at radius 2 is 2.00 bits per heavy atom. The van der Waals surface area contributed by atoms with E-state index >= 15 is 0 Å². The molecule has 1 aliphatic carbocycles. The van der Waals surface area contributed by atoms with Gasteiger partial charge < -0.3 is 10.6 Å². The van der Waals surface area contributed by atoms with Gasteiger partial charge in [0.2, 0.25) is 0 Å². The number of nitrogens with zero attached hydrogens (tertiary/aromatic N) is 1. The van der Waals surface area contributed by atoms with Crippen molar-refractivity contribution in [1.82, 2.24) is 4.90 Å². The van der Waals surface area contributed by atoms with Gasteiger partial charge in [0.05, 0.1) is 0 Å². The molecule has 0 aromatic carbocycles. The normalized spacial score (nSPS) is 18.4. The Labute approximate surface area is 95.2 Å². The van der Waals surface area contributed by atoms with E-state index in [0.717, 1.165) is 12.5 Å². The van der Waals surface area contributed by atoms with E-state index < -0.39 is 0 Å². The standard InChI is InChI=1S/C13H28N2/c1-3-4-5-6-7-13(10-14)15(2)11-12-8-9-12/h12-13H,3-11,14H2,1-2H3. The fourth-order valence-corrected chi connectivity index (χ4v) is 2.18. The fourth-order valence-electron chi connectivity index (χ4n) is 2.18. The van der Waals surface area contributed by atoms with E-state index in [4.69, 9.17) is 5.73 Å². The molecule has 0 aromatic heterocycles. The average molecular weight is 212 g/mol. The Kier molecular flexibility index (Phi) is 6.26. The van der Waals surface area contributed by atoms with Crippen LogP contribution in [0, 0.1) is 5.92 Å². The highest BCUT2D eigenvalue weighted by molar-refractivity contribution is 4.79. The summed E-state index contributed by atoms with van der Waals surface area (Å²) in [6.45, 7) is 4.37. The number of nitrogens with two attached hydrogens (primary N) is 1. The van der Waals surface area contributed by atoms with Gasteiger partial charge in [-0.25, -0.2) is 0 Å². The summed E-state index contributed by atoms with van der Waals surface area (Å²) >= 11 is 0. The second-order valence-electron chi connectivity index (χ2n) is 5.12. The molecular weight excluding hydrogens is 184 g/mol. The molecule has 2 nitrogen and oxygen atoms in total. The Hall–Kier alpha value is -0.0800. The van der Waals surface area contributed by atoms with Crippen molar-refractivity contribution in [3.63, 3.8) is 0 Å². The van der Waals surface area contributed by atoms with E-state index in [1.165, 1.54) is 51.5 Å². The third kappa shape index (κ3) is 5.53. The molecule has 1 aliphatic rings. The molecule has 1 fully saturated rings. The molecular formula is C13H28N2. The summed E-state index contributed by atoms with van der Waals surface area (Å²) in [5.41, 5.74) is 5.84. The summed E-state index contributed by atoms with van der Waals surface area (Å²) in [4.78, 5) is 2.49. The monoisotopic (exact) mass is 212 g/mol. The Morgan fingerprint density at radius 3 is 2.53 bits per heavy atom. The molecule has 0 amide bonds. The van der Waals surface area contributed by atoms with E-state index in [9.17, 15) is 0 Å². The van der Waals surface area contributed by atoms with Gasteiger partial charge in [0.15, 0.2) is 0 Å². The van der Waals surface area contributed by atoms with E-state index in [1.54, 1.807) is 0 Å². The molecule has 0 aromatic rings. The maximum atomic E-state index is 5.84. The van der Waals surface area contributed by atoms with Crippen LogP contribution in [0.2, 0.25) is 0 Å². The van der Waals surface area contributed by atoms with Crippen molar-refractivity contribution in [2.24, 2.45) is 11.7 Å². The van der Waals surface area contributed by atoms with Gasteiger partial charge in [-0.15, -0.1) is 0 Å². The second kappa shape index (κ2) is 7.24. The molecule has 2 N–H and O–H groups in total. The minimum atomic E-state index is 0.627. The van der Waals surface area contributed by atoms with Gasteiger partial charge >= 0.3 is 0 Å². The summed E-state index contributed by atoms with van der Waals surface area (Å²) in [5, 5.41) is 0. The minimum Gasteiger partial charge on any atom is -0.329 e. The van der Waals surface area contributed by atoms with Crippen LogP contribution in [0.3, 0.4) is 0 Å². The van der Waals surface area contributed by atoms with Crippen LogP contribution in [0.25, 0.3) is 0 Å². The molecule has 0 radical (unpaired) electrons. The van der Waals surface area contributed by atoms with Crippen molar-refractivity contribution >= 4 is 0 Å². The van der Waals surface area contributed by atoms with Gasteiger partial charge in [-0.2, -0.15) is 0 Å². The Morgan fingerprint density at radius 1 is 1.27 bits per heavy atom. The molecule has 0 heterocycles. The van der Waals surface area contributed by atoms with Crippen LogP contribution in [0.5, 0.6) is 0 Å². The zero-order valence-electron chi connectivity index (χ0n) is 10.5. The average Bonchev–Trinajstić information content (AvgIpc) is 3.02. The first-order chi connectivity index (χ1) is 7.27. The second-order valence-corrected chi connectivity index (χ2v) is 5.12. The lowest BCUT2D eigenvalue weighted by molar-refractivity contribution is 0.222. The Bertz CT molecular complexity index is 155. The van der Waals surface area contributed by atoms with Crippen LogP contribution in [-0.2, 0) is 0 Å². The molecule has 0 bridgehead atoms. The summed E-state index contributed by atoms with van der Waals surface area (Å²) in [6.07, 6.45) is 9.61. The molecule has 0 aliphatic heterocycles. The van der Waals surface area contributed by atoms with Crippen molar-refractivity contribution < 1.29 is 0 Å². The van der Waals surface area contributed by atoms with Gasteiger partial charge in [0.1, 0.15) is 0 Å². The maximum absolute atomic E-state index is 5.84. The number of likely N-dealkylation sites (N-methyl/N-ethyl adjacent to an activating group) is 1. The first-order valence-electron chi connectivity index (χ1n) is 6.68. The maximum Gasteiger partial charge on any atom is 0.0215 e. The lowest BCUT2D eigenvalue weighted by atomic mass is 10.1. The van der Waals surface area contributed by atoms with Crippen LogP contribution < -0.4 is 5.73 Å². The highest BCUT2D eigenvalue weighted by Crippen LogP contribution is 2.30. The molecule has 0 spiro atoms. The van der Waals surface area contributed by atoms with Crippen molar-refractivity contribution in [1.29, 1.82) is 0 Å². The molecule has 1 rings (SSSR count). The predicted octanol–water partition coefficient (Wildman–Crippen LogP) is 2.63. The molecule has 2 heteroatoms. The zero-order valence-corrected chi connectivity index (χ0v) is 10.5. The summed E-state index contributed by atoms with van der Waals surface area (Å²) in [7, 11) is 2.25. The van der Waals surface area contributed by atoms with Crippen LogP contribution in [-0.4, -0.2) is 31.1 Å². The SMILES string of the molecule is CCCCCCC(CN)N(C)CC1CC1. The van der Waals surface area contributed by atoms with E-state index in [-0.39, 0.29) is 0 Å². The molecule has 1 saturated carbocycles. The van der Waals surface area contributed by atoms with Gasteiger partial charge in [-0.05, 0) is 32.2 Å². The number of rotatable bonds is 9. The number of unbranched alkanes of at least 4 members (excludes halogenated alkanes) is 3. The van der Waals surface area contributed by atoms with Crippen molar-refractivity contribution in [3.8, 4) is 0 Å². The highest BCUT2D eigenvalue weighted by Gasteiger charge is 2.25. The summed E-state index contributed by atoms with van der Waals surface area (Å²) < 4.78 is 0. The lowest BCUT2D eigenvalue weighted by Crippen LogP contribution is -2.39. The van der Waals surface area contributed by atoms with Crippen LogP contribution in [0.15, 0.2) is 0 Å². The number of hydrogen-bond acceptors (Lipinski definition) is 2. The molecule has 1 unspecified atom stereocenters. The van der Waals surface area contributed by atoms with Crippen molar-refractivity contribution in [2.45, 2.75) is 57.9 Å². The highest BCUT2D eigenvalue weighted by atomic mass is 15.1. The summed E-state index contributed by atoms with van der Waals surface area (Å²) in [5.74, 6) is 0.986. The van der Waals surface area contributed by atoms with Crippen molar-refractivity contribution in [3.05, 3.63) is 0 Å². The van der Waals surface area contributed by atoms with Crippen molar-refractivity contribution in [2.75, 3.05) is 20.1 Å². The first-order valence-corrected chi connectivity index (χ1v) is 6.68. The lowest BCUT2D eigenvalue weighted by Gasteiger charge is -2.26. The zero-order chi connectivity index (χ0) is 11.1. The molecule has 15 heavy (non-hydrogen) atoms. The van der Waals surface area contributed by atoms with Crippen LogP contribution in [0.4, 0.5) is 0 Å². The fraction of sp³-hybridized carbons (Fsp3) is 1.00. The van der Waals surface area contributed by atoms with E-state index in [2.05, 4.69) is 18.9 Å². The molecule has 0 saturated heterocycles. The molecule has 90 valence electrons. The third-order valence-electron chi connectivity index (χ3n) is 3.53. The largest absolute Gasteiger partial charge is 0.329 e. The van der Waals surface area contributed by atoms with E-state index in [0.29, 0.717) is 6.04 Å². The van der Waals surface area contributed by atoms with Gasteiger partial charge in [0.25, 0.3) is 0 Å². The quantitative estimate of drug-likeness (QED) is 0.595. The van der Waals surface area contributed by atoms with Gasteiger partial charge in [-0.3, -0.25) is 0 Å². The third-order valence-corrected chi connectivity index (χ3v) is 3.53. The minimum absolute atomic E-state index is 0.627. The smallest absolute Gasteiger partial charge is 0.0215 e. The molecule has 1 atom stereocenters. The Balaban J connectivity index is 2.09. The topological polar surface area (TPSA) is 29.3 Å². The predicted molar refractivity (Wildman–Crippen MR) is 67.0 cm³/mol. The van der Waals surface area contributed by atoms with Gasteiger partial charge in [-0.1, -0.05) is 32.6 Å². The van der Waals surface area contributed by atoms with Crippen LogP contribution >= 0.6 is 0 Å². The summed E-state index contributed by atoms with van der Waals surface area (Å²) in [6, 6.07) is 0.627. The van der Waals surface area contributed by atoms with Crippen LogP contribution in [0.1, 0.15) is 51.9 Å². The van der Waals surface area contributed by atoms with Gasteiger partial charge in [0, 0.05) is 19.1 Å². The number of hydrogen-bond donors (Lipinski definition) is 1. The first kappa shape index (κ1) is 13.0.